The molecule has 0 aromatic heterocycles. The first-order chi connectivity index (χ1) is 9.72. The summed E-state index contributed by atoms with van der Waals surface area (Å²) in [5, 5.41) is 12.7. The molecule has 0 saturated heterocycles. The number of likely N-dealkylation sites (N-methyl/N-ethyl adjacent to an activating group) is 1. The van der Waals surface area contributed by atoms with Crippen LogP contribution in [0.4, 0.5) is 0 Å². The van der Waals surface area contributed by atoms with Crippen molar-refractivity contribution in [1.29, 1.82) is 5.26 Å². The molecule has 102 valence electrons. The van der Waals surface area contributed by atoms with Crippen molar-refractivity contribution >= 4 is 0 Å². The average Bonchev–Trinajstić information content (AvgIpc) is 2.51. The molecule has 1 unspecified atom stereocenters. The summed E-state index contributed by atoms with van der Waals surface area (Å²) in [6.45, 7) is 2.25. The van der Waals surface area contributed by atoms with Crippen LogP contribution in [0.15, 0.2) is 54.6 Å². The molecule has 0 bridgehead atoms. The number of para-hydroxylation sites is 1. The molecule has 3 nitrogen and oxygen atoms in total. The van der Waals surface area contributed by atoms with E-state index in [9.17, 15) is 5.26 Å². The average molecular weight is 266 g/mol. The Balaban J connectivity index is 2.23. The molecule has 2 aromatic rings. The minimum absolute atomic E-state index is 0.259. The van der Waals surface area contributed by atoms with Gasteiger partial charge in [0.1, 0.15) is 12.4 Å². The first-order valence-corrected chi connectivity index (χ1v) is 6.56. The lowest BCUT2D eigenvalue weighted by Gasteiger charge is -2.27. The third-order valence-electron chi connectivity index (χ3n) is 3.42. The Labute approximate surface area is 119 Å². The third-order valence-corrected chi connectivity index (χ3v) is 3.42. The highest BCUT2D eigenvalue weighted by Crippen LogP contribution is 2.23. The van der Waals surface area contributed by atoms with Gasteiger partial charge in [-0.2, -0.15) is 5.26 Å². The lowest BCUT2D eigenvalue weighted by atomic mass is 9.92. The zero-order valence-electron chi connectivity index (χ0n) is 11.8. The van der Waals surface area contributed by atoms with Gasteiger partial charge in [0.2, 0.25) is 0 Å². The summed E-state index contributed by atoms with van der Waals surface area (Å²) in [5.74, 6) is 0.804. The van der Waals surface area contributed by atoms with Crippen LogP contribution in [0.1, 0.15) is 11.1 Å². The van der Waals surface area contributed by atoms with E-state index >= 15 is 0 Å². The molecule has 1 N–H and O–H groups in total. The van der Waals surface area contributed by atoms with Gasteiger partial charge in [0.05, 0.1) is 6.07 Å². The smallest absolute Gasteiger partial charge is 0.166 e. The summed E-state index contributed by atoms with van der Waals surface area (Å²) >= 11 is 0. The second kappa shape index (κ2) is 6.23. The summed E-state index contributed by atoms with van der Waals surface area (Å²) in [6, 6.07) is 19.8. The van der Waals surface area contributed by atoms with Crippen LogP contribution in [0.5, 0.6) is 5.75 Å². The Morgan fingerprint density at radius 3 is 2.35 bits per heavy atom. The van der Waals surface area contributed by atoms with E-state index in [1.165, 1.54) is 0 Å². The van der Waals surface area contributed by atoms with Crippen molar-refractivity contribution in [2.75, 3.05) is 13.7 Å². The summed E-state index contributed by atoms with van der Waals surface area (Å²) in [7, 11) is 1.78. The molecular weight excluding hydrogens is 248 g/mol. The lowest BCUT2D eigenvalue weighted by Crippen LogP contribution is -2.44. The van der Waals surface area contributed by atoms with E-state index < -0.39 is 5.54 Å². The summed E-state index contributed by atoms with van der Waals surface area (Å²) in [6.07, 6.45) is 0. The molecule has 0 spiro atoms. The van der Waals surface area contributed by atoms with Crippen molar-refractivity contribution in [2.45, 2.75) is 12.5 Å². The van der Waals surface area contributed by atoms with Gasteiger partial charge < -0.3 is 4.74 Å². The lowest BCUT2D eigenvalue weighted by molar-refractivity contribution is 0.230. The van der Waals surface area contributed by atoms with E-state index in [1.54, 1.807) is 7.05 Å². The Morgan fingerprint density at radius 2 is 1.75 bits per heavy atom. The van der Waals surface area contributed by atoms with E-state index in [1.807, 2.05) is 61.5 Å². The Hall–Kier alpha value is -2.31. The van der Waals surface area contributed by atoms with Crippen LogP contribution in [-0.4, -0.2) is 13.7 Å². The van der Waals surface area contributed by atoms with Crippen molar-refractivity contribution < 1.29 is 4.74 Å². The predicted molar refractivity (Wildman–Crippen MR) is 79.5 cm³/mol. The molecule has 0 radical (unpaired) electrons. The van der Waals surface area contributed by atoms with Gasteiger partial charge in [0.15, 0.2) is 5.54 Å². The Morgan fingerprint density at radius 1 is 1.10 bits per heavy atom. The highest BCUT2D eigenvalue weighted by Gasteiger charge is 2.31. The Bertz CT molecular complexity index is 604. The van der Waals surface area contributed by atoms with Gasteiger partial charge in [-0.3, -0.25) is 5.32 Å². The fraction of sp³-hybridized carbons (Fsp3) is 0.235. The largest absolute Gasteiger partial charge is 0.490 e. The second-order valence-electron chi connectivity index (χ2n) is 4.69. The van der Waals surface area contributed by atoms with Crippen LogP contribution < -0.4 is 10.1 Å². The van der Waals surface area contributed by atoms with Crippen LogP contribution in [0.2, 0.25) is 0 Å². The summed E-state index contributed by atoms with van der Waals surface area (Å²) in [5.41, 5.74) is 1.12. The van der Waals surface area contributed by atoms with E-state index in [4.69, 9.17) is 4.74 Å². The van der Waals surface area contributed by atoms with Gasteiger partial charge in [-0.15, -0.1) is 0 Å². The predicted octanol–water partition coefficient (Wildman–Crippen LogP) is 3.01. The third kappa shape index (κ3) is 2.81. The second-order valence-corrected chi connectivity index (χ2v) is 4.69. The number of nitrogens with zero attached hydrogens (tertiary/aromatic N) is 1. The number of nitrogens with one attached hydrogen (secondary N) is 1. The molecule has 0 fully saturated rings. The molecule has 2 aromatic carbocycles. The zero-order valence-corrected chi connectivity index (χ0v) is 11.8. The highest BCUT2D eigenvalue weighted by atomic mass is 16.5. The molecule has 0 heterocycles. The highest BCUT2D eigenvalue weighted by molar-refractivity contribution is 5.34. The number of hydrogen-bond donors (Lipinski definition) is 1. The molecular formula is C17H18N2O. The van der Waals surface area contributed by atoms with E-state index in [-0.39, 0.29) is 6.61 Å². The van der Waals surface area contributed by atoms with Crippen LogP contribution in [-0.2, 0) is 5.54 Å². The maximum absolute atomic E-state index is 9.58. The van der Waals surface area contributed by atoms with Crippen molar-refractivity contribution in [3.8, 4) is 11.8 Å². The molecule has 2 rings (SSSR count). The SMILES string of the molecule is CNC(C#N)(COc1ccccc1C)c1ccccc1. The molecule has 0 amide bonds. The maximum Gasteiger partial charge on any atom is 0.166 e. The first-order valence-electron chi connectivity index (χ1n) is 6.56. The molecule has 20 heavy (non-hydrogen) atoms. The standard InChI is InChI=1S/C17H18N2O/c1-14-8-6-7-11-16(14)20-13-17(12-18,19-2)15-9-4-3-5-10-15/h3-11,19H,13H2,1-2H3. The Kier molecular flexibility index (Phi) is 4.39. The monoisotopic (exact) mass is 266 g/mol. The van der Waals surface area contributed by atoms with Gasteiger partial charge in [-0.1, -0.05) is 48.5 Å². The number of benzene rings is 2. The minimum Gasteiger partial charge on any atom is -0.490 e. The number of ether oxygens (including phenoxy) is 1. The minimum atomic E-state index is -0.844. The van der Waals surface area contributed by atoms with Gasteiger partial charge in [0, 0.05) is 0 Å². The van der Waals surface area contributed by atoms with Crippen LogP contribution >= 0.6 is 0 Å². The number of aryl methyl sites for hydroxylation is 1. The van der Waals surface area contributed by atoms with Gasteiger partial charge in [-0.05, 0) is 31.2 Å². The maximum atomic E-state index is 9.58. The van der Waals surface area contributed by atoms with Crippen molar-refractivity contribution in [3.05, 3.63) is 65.7 Å². The zero-order chi connectivity index (χ0) is 14.4. The van der Waals surface area contributed by atoms with Crippen molar-refractivity contribution in [1.82, 2.24) is 5.32 Å². The molecule has 3 heteroatoms. The van der Waals surface area contributed by atoms with E-state index in [0.29, 0.717) is 0 Å². The molecule has 0 aliphatic carbocycles. The number of hydrogen-bond acceptors (Lipinski definition) is 3. The van der Waals surface area contributed by atoms with Crippen LogP contribution in [0.3, 0.4) is 0 Å². The molecule has 0 saturated carbocycles. The normalized spacial score (nSPS) is 13.2. The van der Waals surface area contributed by atoms with Gasteiger partial charge in [0.25, 0.3) is 0 Å². The van der Waals surface area contributed by atoms with Gasteiger partial charge in [-0.25, -0.2) is 0 Å². The molecule has 0 aliphatic rings. The number of rotatable bonds is 5. The summed E-state index contributed by atoms with van der Waals surface area (Å²) < 4.78 is 5.85. The molecule has 0 aliphatic heterocycles. The first kappa shape index (κ1) is 14.1. The van der Waals surface area contributed by atoms with E-state index in [0.717, 1.165) is 16.9 Å². The van der Waals surface area contributed by atoms with Crippen LogP contribution in [0.25, 0.3) is 0 Å². The molecule has 1 atom stereocenters. The number of nitriles is 1. The fourth-order valence-corrected chi connectivity index (χ4v) is 2.08. The quantitative estimate of drug-likeness (QED) is 0.904. The topological polar surface area (TPSA) is 45.0 Å². The van der Waals surface area contributed by atoms with Gasteiger partial charge >= 0.3 is 0 Å². The van der Waals surface area contributed by atoms with Crippen molar-refractivity contribution in [2.24, 2.45) is 0 Å². The van der Waals surface area contributed by atoms with E-state index in [2.05, 4.69) is 11.4 Å². The van der Waals surface area contributed by atoms with Crippen LogP contribution in [0, 0.1) is 18.3 Å². The fourth-order valence-electron chi connectivity index (χ4n) is 2.08. The van der Waals surface area contributed by atoms with Crippen molar-refractivity contribution in [3.63, 3.8) is 0 Å². The summed E-state index contributed by atoms with van der Waals surface area (Å²) in [4.78, 5) is 0.